The number of phenolic OH excluding ortho intramolecular Hbond substituents is 1. The second kappa shape index (κ2) is 5.63. The summed E-state index contributed by atoms with van der Waals surface area (Å²) in [7, 11) is 1.70. The lowest BCUT2D eigenvalue weighted by Crippen LogP contribution is -2.00. The second-order valence-electron chi connectivity index (χ2n) is 6.73. The largest absolute Gasteiger partial charge is 0.508 e. The van der Waals surface area contributed by atoms with Crippen LogP contribution in [0.1, 0.15) is 22.6 Å². The van der Waals surface area contributed by atoms with Crippen LogP contribution in [-0.2, 0) is 0 Å². The van der Waals surface area contributed by atoms with Crippen LogP contribution in [0.25, 0.3) is 21.9 Å². The van der Waals surface area contributed by atoms with Gasteiger partial charge < -0.3 is 9.84 Å². The summed E-state index contributed by atoms with van der Waals surface area (Å²) in [6, 6.07) is 26.8. The SMILES string of the molecule is COc1ccc2c(c1)C(c1ccc(O)cc1)c1c-2ccc2ccccc12. The molecule has 1 unspecified atom stereocenters. The van der Waals surface area contributed by atoms with Crippen molar-refractivity contribution in [3.05, 3.63) is 95.6 Å². The maximum atomic E-state index is 9.72. The zero-order chi connectivity index (χ0) is 17.7. The average molecular weight is 338 g/mol. The molecule has 0 amide bonds. The summed E-state index contributed by atoms with van der Waals surface area (Å²) in [5, 5.41) is 12.2. The van der Waals surface area contributed by atoms with Crippen molar-refractivity contribution in [2.45, 2.75) is 5.92 Å². The summed E-state index contributed by atoms with van der Waals surface area (Å²) in [5.74, 6) is 1.28. The lowest BCUT2D eigenvalue weighted by Gasteiger charge is -2.17. The average Bonchev–Trinajstić information content (AvgIpc) is 3.02. The zero-order valence-electron chi connectivity index (χ0n) is 14.4. The number of hydrogen-bond donors (Lipinski definition) is 1. The Kier molecular flexibility index (Phi) is 3.26. The molecule has 0 radical (unpaired) electrons. The number of aromatic hydroxyl groups is 1. The van der Waals surface area contributed by atoms with Gasteiger partial charge in [0.2, 0.25) is 0 Å². The van der Waals surface area contributed by atoms with Gasteiger partial charge in [0.1, 0.15) is 11.5 Å². The van der Waals surface area contributed by atoms with Crippen molar-refractivity contribution in [1.82, 2.24) is 0 Å². The van der Waals surface area contributed by atoms with Gasteiger partial charge in [-0.3, -0.25) is 0 Å². The van der Waals surface area contributed by atoms with Crippen LogP contribution in [0.2, 0.25) is 0 Å². The van der Waals surface area contributed by atoms with Crippen LogP contribution in [-0.4, -0.2) is 12.2 Å². The molecule has 0 aliphatic heterocycles. The van der Waals surface area contributed by atoms with Crippen molar-refractivity contribution < 1.29 is 9.84 Å². The highest BCUT2D eigenvalue weighted by molar-refractivity contribution is 5.97. The Bertz CT molecular complexity index is 1130. The minimum atomic E-state index is 0.127. The van der Waals surface area contributed by atoms with E-state index in [1.807, 2.05) is 18.2 Å². The molecule has 0 bridgehead atoms. The summed E-state index contributed by atoms with van der Waals surface area (Å²) in [5.41, 5.74) is 6.29. The Balaban J connectivity index is 1.86. The van der Waals surface area contributed by atoms with Crippen LogP contribution in [0, 0.1) is 0 Å². The van der Waals surface area contributed by atoms with Gasteiger partial charge in [0, 0.05) is 5.92 Å². The summed E-state index contributed by atoms with van der Waals surface area (Å²) < 4.78 is 5.49. The van der Waals surface area contributed by atoms with Crippen molar-refractivity contribution in [3.63, 3.8) is 0 Å². The van der Waals surface area contributed by atoms with Crippen LogP contribution < -0.4 is 4.74 Å². The molecule has 1 N–H and O–H groups in total. The van der Waals surface area contributed by atoms with Gasteiger partial charge in [0.15, 0.2) is 0 Å². The number of hydrogen-bond acceptors (Lipinski definition) is 2. The molecule has 0 fully saturated rings. The molecule has 0 saturated carbocycles. The highest BCUT2D eigenvalue weighted by Crippen LogP contribution is 2.51. The Morgan fingerprint density at radius 2 is 1.58 bits per heavy atom. The molecular weight excluding hydrogens is 320 g/mol. The number of methoxy groups -OCH3 is 1. The molecule has 1 aliphatic rings. The maximum absolute atomic E-state index is 9.72. The highest BCUT2D eigenvalue weighted by atomic mass is 16.5. The third-order valence-electron chi connectivity index (χ3n) is 5.35. The number of rotatable bonds is 2. The summed E-state index contributed by atoms with van der Waals surface area (Å²) in [4.78, 5) is 0. The third kappa shape index (κ3) is 2.12. The van der Waals surface area contributed by atoms with Crippen LogP contribution in [0.4, 0.5) is 0 Å². The van der Waals surface area contributed by atoms with Gasteiger partial charge in [0.05, 0.1) is 7.11 Å². The number of benzene rings is 4. The van der Waals surface area contributed by atoms with Crippen molar-refractivity contribution in [3.8, 4) is 22.6 Å². The molecule has 26 heavy (non-hydrogen) atoms. The lowest BCUT2D eigenvalue weighted by molar-refractivity contribution is 0.414. The van der Waals surface area contributed by atoms with Gasteiger partial charge >= 0.3 is 0 Å². The van der Waals surface area contributed by atoms with E-state index in [-0.39, 0.29) is 11.7 Å². The molecule has 0 spiro atoms. The Hall–Kier alpha value is -3.26. The standard InChI is InChI=1S/C24H18O2/c1-26-18-11-13-20-21-12-8-15-4-2-3-5-19(15)24(21)23(22(20)14-18)16-6-9-17(25)10-7-16/h2-14,23,25H,1H3. The first kappa shape index (κ1) is 15.0. The van der Waals surface area contributed by atoms with E-state index in [0.717, 1.165) is 5.75 Å². The first-order valence-electron chi connectivity index (χ1n) is 8.75. The molecule has 4 aromatic carbocycles. The molecule has 1 atom stereocenters. The van der Waals surface area contributed by atoms with Crippen molar-refractivity contribution in [2.75, 3.05) is 7.11 Å². The molecular formula is C24H18O2. The zero-order valence-corrected chi connectivity index (χ0v) is 14.4. The Labute approximate surface area is 152 Å². The summed E-state index contributed by atoms with van der Waals surface area (Å²) in [6.45, 7) is 0. The number of phenols is 1. The Morgan fingerprint density at radius 3 is 2.38 bits per heavy atom. The normalized spacial score (nSPS) is 14.9. The van der Waals surface area contributed by atoms with Crippen molar-refractivity contribution in [1.29, 1.82) is 0 Å². The van der Waals surface area contributed by atoms with Crippen LogP contribution in [0.5, 0.6) is 11.5 Å². The predicted molar refractivity (Wildman–Crippen MR) is 105 cm³/mol. The van der Waals surface area contributed by atoms with E-state index in [1.165, 1.54) is 38.6 Å². The van der Waals surface area contributed by atoms with Gasteiger partial charge in [0.25, 0.3) is 0 Å². The van der Waals surface area contributed by atoms with Gasteiger partial charge in [-0.1, -0.05) is 54.6 Å². The molecule has 2 heteroatoms. The molecule has 126 valence electrons. The second-order valence-corrected chi connectivity index (χ2v) is 6.73. The van der Waals surface area contributed by atoms with Gasteiger partial charge in [-0.2, -0.15) is 0 Å². The van der Waals surface area contributed by atoms with E-state index in [4.69, 9.17) is 4.74 Å². The van der Waals surface area contributed by atoms with E-state index in [2.05, 4.69) is 48.5 Å². The fraction of sp³-hybridized carbons (Fsp3) is 0.0833. The first-order valence-corrected chi connectivity index (χ1v) is 8.75. The van der Waals surface area contributed by atoms with E-state index < -0.39 is 0 Å². The number of ether oxygens (including phenoxy) is 1. The topological polar surface area (TPSA) is 29.5 Å². The quantitative estimate of drug-likeness (QED) is 0.446. The minimum Gasteiger partial charge on any atom is -0.508 e. The maximum Gasteiger partial charge on any atom is 0.119 e. The third-order valence-corrected chi connectivity index (χ3v) is 5.35. The van der Waals surface area contributed by atoms with Crippen LogP contribution in [0.3, 0.4) is 0 Å². The smallest absolute Gasteiger partial charge is 0.119 e. The molecule has 4 aromatic rings. The van der Waals surface area contributed by atoms with E-state index in [0.29, 0.717) is 0 Å². The number of fused-ring (bicyclic) bond motifs is 5. The summed E-state index contributed by atoms with van der Waals surface area (Å²) in [6.07, 6.45) is 0. The van der Waals surface area contributed by atoms with Gasteiger partial charge in [-0.15, -0.1) is 0 Å². The molecule has 1 aliphatic carbocycles. The minimum absolute atomic E-state index is 0.127. The highest BCUT2D eigenvalue weighted by Gasteiger charge is 2.31. The van der Waals surface area contributed by atoms with E-state index in [1.54, 1.807) is 19.2 Å². The fourth-order valence-electron chi connectivity index (χ4n) is 4.16. The van der Waals surface area contributed by atoms with E-state index >= 15 is 0 Å². The lowest BCUT2D eigenvalue weighted by atomic mass is 9.86. The first-order chi connectivity index (χ1) is 12.8. The van der Waals surface area contributed by atoms with Gasteiger partial charge in [-0.25, -0.2) is 0 Å². The monoisotopic (exact) mass is 338 g/mol. The molecule has 2 nitrogen and oxygen atoms in total. The molecule has 0 heterocycles. The van der Waals surface area contributed by atoms with Crippen molar-refractivity contribution >= 4 is 10.8 Å². The molecule has 5 rings (SSSR count). The predicted octanol–water partition coefficient (Wildman–Crippen LogP) is 5.71. The van der Waals surface area contributed by atoms with Gasteiger partial charge in [-0.05, 0) is 62.9 Å². The Morgan fingerprint density at radius 1 is 0.808 bits per heavy atom. The van der Waals surface area contributed by atoms with Crippen molar-refractivity contribution in [2.24, 2.45) is 0 Å². The molecule has 0 aromatic heterocycles. The molecule has 0 saturated heterocycles. The summed E-state index contributed by atoms with van der Waals surface area (Å²) >= 11 is 0. The van der Waals surface area contributed by atoms with Crippen LogP contribution >= 0.6 is 0 Å². The van der Waals surface area contributed by atoms with E-state index in [9.17, 15) is 5.11 Å². The fourth-order valence-corrected chi connectivity index (χ4v) is 4.16. The van der Waals surface area contributed by atoms with Crippen LogP contribution in [0.15, 0.2) is 78.9 Å².